The smallest absolute Gasteiger partial charge is 0.0839 e. The van der Waals surface area contributed by atoms with Crippen molar-refractivity contribution in [2.75, 3.05) is 31.5 Å². The summed E-state index contributed by atoms with van der Waals surface area (Å²) in [7, 11) is 0. The van der Waals surface area contributed by atoms with Crippen molar-refractivity contribution in [3.8, 4) is 0 Å². The fourth-order valence-electron chi connectivity index (χ4n) is 2.19. The van der Waals surface area contributed by atoms with Gasteiger partial charge in [0, 0.05) is 16.7 Å². The number of nitrogens with zero attached hydrogens (tertiary/aromatic N) is 1. The molecule has 5 heteroatoms. The van der Waals surface area contributed by atoms with Gasteiger partial charge in [-0.1, -0.05) is 11.6 Å². The van der Waals surface area contributed by atoms with E-state index in [1.807, 2.05) is 18.2 Å². The molecule has 1 atom stereocenters. The lowest BCUT2D eigenvalue weighted by Crippen LogP contribution is -2.34. The van der Waals surface area contributed by atoms with Crippen LogP contribution in [-0.4, -0.2) is 42.3 Å². The van der Waals surface area contributed by atoms with Gasteiger partial charge >= 0.3 is 0 Å². The van der Waals surface area contributed by atoms with Crippen LogP contribution in [0.15, 0.2) is 18.2 Å². The molecule has 1 aliphatic rings. The second-order valence-electron chi connectivity index (χ2n) is 4.67. The third kappa shape index (κ3) is 4.26. The van der Waals surface area contributed by atoms with Gasteiger partial charge in [0.25, 0.3) is 0 Å². The number of aliphatic hydroxyl groups is 1. The first-order valence-electron chi connectivity index (χ1n) is 6.24. The van der Waals surface area contributed by atoms with Crippen molar-refractivity contribution >= 4 is 39.9 Å². The van der Waals surface area contributed by atoms with Crippen LogP contribution in [-0.2, 0) is 0 Å². The summed E-state index contributed by atoms with van der Waals surface area (Å²) in [6.07, 6.45) is 2.16. The van der Waals surface area contributed by atoms with Gasteiger partial charge < -0.3 is 15.3 Å². The Morgan fingerprint density at radius 1 is 1.39 bits per heavy atom. The van der Waals surface area contributed by atoms with E-state index in [2.05, 4.69) is 32.8 Å². The number of rotatable bonds is 5. The minimum absolute atomic E-state index is 0.350. The number of aliphatic hydroxyl groups excluding tert-OH is 1. The molecule has 1 unspecified atom stereocenters. The van der Waals surface area contributed by atoms with Crippen LogP contribution in [0.25, 0.3) is 0 Å². The van der Waals surface area contributed by atoms with E-state index in [1.165, 1.54) is 12.8 Å². The normalized spacial score (nSPS) is 17.9. The van der Waals surface area contributed by atoms with E-state index >= 15 is 0 Å². The molecule has 0 aromatic heterocycles. The summed E-state index contributed by atoms with van der Waals surface area (Å²) in [6.45, 7) is 3.51. The maximum Gasteiger partial charge on any atom is 0.0839 e. The van der Waals surface area contributed by atoms with Crippen molar-refractivity contribution in [1.82, 2.24) is 4.90 Å². The molecular formula is C13H18ClIN2O. The van der Waals surface area contributed by atoms with Gasteiger partial charge in [-0.15, -0.1) is 0 Å². The van der Waals surface area contributed by atoms with Crippen molar-refractivity contribution in [1.29, 1.82) is 0 Å². The number of nitrogens with one attached hydrogen (secondary N) is 1. The fraction of sp³-hybridized carbons (Fsp3) is 0.538. The van der Waals surface area contributed by atoms with Crippen LogP contribution in [0.1, 0.15) is 12.8 Å². The van der Waals surface area contributed by atoms with Crippen LogP contribution in [0.4, 0.5) is 5.69 Å². The zero-order valence-corrected chi connectivity index (χ0v) is 13.1. The molecule has 1 heterocycles. The van der Waals surface area contributed by atoms with Crippen molar-refractivity contribution in [3.63, 3.8) is 0 Å². The Kier molecular flexibility index (Phi) is 5.54. The van der Waals surface area contributed by atoms with E-state index in [4.69, 9.17) is 11.6 Å². The SMILES string of the molecule is OC(CNc1cc(I)ccc1Cl)CN1CCCC1. The maximum atomic E-state index is 9.98. The van der Waals surface area contributed by atoms with E-state index in [1.54, 1.807) is 0 Å². The van der Waals surface area contributed by atoms with Crippen LogP contribution in [0.3, 0.4) is 0 Å². The Hall–Kier alpha value is -0.0400. The van der Waals surface area contributed by atoms with Crippen LogP contribution >= 0.6 is 34.2 Å². The molecule has 100 valence electrons. The van der Waals surface area contributed by atoms with E-state index in [9.17, 15) is 5.11 Å². The van der Waals surface area contributed by atoms with Gasteiger partial charge in [-0.2, -0.15) is 0 Å². The zero-order valence-electron chi connectivity index (χ0n) is 10.2. The van der Waals surface area contributed by atoms with E-state index in [0.717, 1.165) is 28.9 Å². The first-order chi connectivity index (χ1) is 8.65. The van der Waals surface area contributed by atoms with Gasteiger partial charge in [-0.3, -0.25) is 0 Å². The maximum absolute atomic E-state index is 9.98. The summed E-state index contributed by atoms with van der Waals surface area (Å²) in [6, 6.07) is 5.83. The van der Waals surface area contributed by atoms with E-state index < -0.39 is 0 Å². The Bertz CT molecular complexity index is 397. The van der Waals surface area contributed by atoms with Gasteiger partial charge in [-0.25, -0.2) is 0 Å². The van der Waals surface area contributed by atoms with Gasteiger partial charge in [0.15, 0.2) is 0 Å². The van der Waals surface area contributed by atoms with Crippen molar-refractivity contribution < 1.29 is 5.11 Å². The molecule has 1 fully saturated rings. The Morgan fingerprint density at radius 3 is 2.83 bits per heavy atom. The Labute approximate surface area is 127 Å². The lowest BCUT2D eigenvalue weighted by molar-refractivity contribution is 0.135. The number of benzene rings is 1. The fourth-order valence-corrected chi connectivity index (χ4v) is 2.86. The molecule has 2 N–H and O–H groups in total. The molecule has 2 rings (SSSR count). The third-order valence-corrected chi connectivity index (χ3v) is 4.12. The van der Waals surface area contributed by atoms with Crippen molar-refractivity contribution in [3.05, 3.63) is 26.8 Å². The standard InChI is InChI=1S/C13H18ClIN2O/c14-12-4-3-10(15)7-13(12)16-8-11(18)9-17-5-1-2-6-17/h3-4,7,11,16,18H,1-2,5-6,8-9H2. The third-order valence-electron chi connectivity index (χ3n) is 3.12. The second-order valence-corrected chi connectivity index (χ2v) is 6.32. The quantitative estimate of drug-likeness (QED) is 0.771. The monoisotopic (exact) mass is 380 g/mol. The lowest BCUT2D eigenvalue weighted by Gasteiger charge is -2.20. The average molecular weight is 381 g/mol. The highest BCUT2D eigenvalue weighted by atomic mass is 127. The van der Waals surface area contributed by atoms with Gasteiger partial charge in [0.1, 0.15) is 0 Å². The number of hydrogen-bond acceptors (Lipinski definition) is 3. The van der Waals surface area contributed by atoms with Gasteiger partial charge in [-0.05, 0) is 66.7 Å². The summed E-state index contributed by atoms with van der Waals surface area (Å²) in [5.74, 6) is 0. The predicted octanol–water partition coefficient (Wildman–Crippen LogP) is 2.81. The second kappa shape index (κ2) is 6.93. The average Bonchev–Trinajstić information content (AvgIpc) is 2.83. The summed E-state index contributed by atoms with van der Waals surface area (Å²) in [5, 5.41) is 13.9. The molecule has 0 bridgehead atoms. The summed E-state index contributed by atoms with van der Waals surface area (Å²) in [5.41, 5.74) is 0.893. The molecule has 1 aromatic carbocycles. The molecule has 0 aliphatic carbocycles. The van der Waals surface area contributed by atoms with Gasteiger partial charge in [0.05, 0.1) is 16.8 Å². The highest BCUT2D eigenvalue weighted by molar-refractivity contribution is 14.1. The molecule has 1 saturated heterocycles. The highest BCUT2D eigenvalue weighted by Gasteiger charge is 2.15. The molecule has 0 saturated carbocycles. The molecule has 0 radical (unpaired) electrons. The number of hydrogen-bond donors (Lipinski definition) is 2. The minimum Gasteiger partial charge on any atom is -0.390 e. The minimum atomic E-state index is -0.350. The molecule has 0 amide bonds. The highest BCUT2D eigenvalue weighted by Crippen LogP contribution is 2.23. The predicted molar refractivity (Wildman–Crippen MR) is 84.3 cm³/mol. The number of β-amino-alcohol motifs (C(OH)–C–C–N with tert-alkyl or cyclic N) is 1. The topological polar surface area (TPSA) is 35.5 Å². The van der Waals surface area contributed by atoms with Crippen LogP contribution in [0.2, 0.25) is 5.02 Å². The van der Waals surface area contributed by atoms with Crippen LogP contribution in [0.5, 0.6) is 0 Å². The van der Waals surface area contributed by atoms with E-state index in [-0.39, 0.29) is 6.10 Å². The van der Waals surface area contributed by atoms with Crippen molar-refractivity contribution in [2.45, 2.75) is 18.9 Å². The molecule has 0 spiro atoms. The zero-order chi connectivity index (χ0) is 13.0. The lowest BCUT2D eigenvalue weighted by atomic mass is 10.3. The number of likely N-dealkylation sites (tertiary alicyclic amines) is 1. The summed E-state index contributed by atoms with van der Waals surface area (Å²) in [4.78, 5) is 2.31. The molecule has 1 aromatic rings. The first-order valence-corrected chi connectivity index (χ1v) is 7.70. The largest absolute Gasteiger partial charge is 0.390 e. The van der Waals surface area contributed by atoms with Gasteiger partial charge in [0.2, 0.25) is 0 Å². The van der Waals surface area contributed by atoms with Crippen LogP contribution in [0, 0.1) is 3.57 Å². The number of halogens is 2. The Morgan fingerprint density at radius 2 is 2.11 bits per heavy atom. The molecule has 18 heavy (non-hydrogen) atoms. The Balaban J connectivity index is 1.81. The summed E-state index contributed by atoms with van der Waals surface area (Å²) < 4.78 is 1.13. The number of anilines is 1. The first kappa shape index (κ1) is 14.4. The molecular weight excluding hydrogens is 363 g/mol. The summed E-state index contributed by atoms with van der Waals surface area (Å²) >= 11 is 8.34. The molecule has 3 nitrogen and oxygen atoms in total. The van der Waals surface area contributed by atoms with Crippen molar-refractivity contribution in [2.24, 2.45) is 0 Å². The van der Waals surface area contributed by atoms with Crippen LogP contribution < -0.4 is 5.32 Å². The molecule has 1 aliphatic heterocycles. The van der Waals surface area contributed by atoms with E-state index in [0.29, 0.717) is 11.6 Å².